The van der Waals surface area contributed by atoms with Crippen LogP contribution >= 0.6 is 24.0 Å². The van der Waals surface area contributed by atoms with Crippen LogP contribution in [-0.4, -0.2) is 37.7 Å². The van der Waals surface area contributed by atoms with Crippen molar-refractivity contribution in [1.29, 1.82) is 0 Å². The van der Waals surface area contributed by atoms with Crippen molar-refractivity contribution in [2.45, 2.75) is 26.5 Å². The molecular weight excluding hydrogens is 455 g/mol. The summed E-state index contributed by atoms with van der Waals surface area (Å²) in [6.45, 7) is 5.39. The molecular formula is C20H29IN4O2. The second-order valence-electron chi connectivity index (χ2n) is 5.64. The van der Waals surface area contributed by atoms with Crippen LogP contribution in [0, 0.1) is 0 Å². The lowest BCUT2D eigenvalue weighted by molar-refractivity contribution is 0.145. The number of rotatable bonds is 10. The minimum Gasteiger partial charge on any atom is -0.473 e. The molecule has 2 rings (SSSR count). The maximum atomic E-state index is 5.89. The van der Waals surface area contributed by atoms with E-state index in [1.54, 1.807) is 13.2 Å². The van der Waals surface area contributed by atoms with Gasteiger partial charge in [0.2, 0.25) is 5.88 Å². The Morgan fingerprint density at radius 2 is 1.93 bits per heavy atom. The van der Waals surface area contributed by atoms with E-state index in [1.807, 2.05) is 49.4 Å². The first-order chi connectivity index (χ1) is 12.8. The average molecular weight is 484 g/mol. The Kier molecular flexibility index (Phi) is 12.2. The molecule has 148 valence electrons. The van der Waals surface area contributed by atoms with Gasteiger partial charge < -0.3 is 20.1 Å². The summed E-state index contributed by atoms with van der Waals surface area (Å²) in [6.07, 6.45) is 2.68. The molecule has 2 N–H and O–H groups in total. The fourth-order valence-electron chi connectivity index (χ4n) is 2.34. The number of guanidine groups is 1. The van der Waals surface area contributed by atoms with Gasteiger partial charge in [-0.1, -0.05) is 36.4 Å². The number of halogens is 1. The maximum absolute atomic E-state index is 5.89. The highest BCUT2D eigenvalue weighted by atomic mass is 127. The van der Waals surface area contributed by atoms with Gasteiger partial charge >= 0.3 is 0 Å². The predicted octanol–water partition coefficient (Wildman–Crippen LogP) is 3.37. The highest BCUT2D eigenvalue weighted by Crippen LogP contribution is 2.15. The predicted molar refractivity (Wildman–Crippen MR) is 120 cm³/mol. The van der Waals surface area contributed by atoms with Crippen molar-refractivity contribution < 1.29 is 9.47 Å². The lowest BCUT2D eigenvalue weighted by Gasteiger charge is -2.14. The second kappa shape index (κ2) is 14.2. The summed E-state index contributed by atoms with van der Waals surface area (Å²) >= 11 is 0. The van der Waals surface area contributed by atoms with Crippen molar-refractivity contribution in [3.63, 3.8) is 0 Å². The van der Waals surface area contributed by atoms with Gasteiger partial charge in [0.15, 0.2) is 5.96 Å². The number of pyridine rings is 1. The van der Waals surface area contributed by atoms with Crippen molar-refractivity contribution >= 4 is 29.9 Å². The molecule has 6 nitrogen and oxygen atoms in total. The van der Waals surface area contributed by atoms with E-state index < -0.39 is 0 Å². The highest BCUT2D eigenvalue weighted by Gasteiger charge is 2.06. The van der Waals surface area contributed by atoms with Crippen LogP contribution in [0.25, 0.3) is 0 Å². The van der Waals surface area contributed by atoms with Gasteiger partial charge in [0.05, 0.1) is 0 Å². The van der Waals surface area contributed by atoms with Crippen LogP contribution in [0.5, 0.6) is 5.88 Å². The number of ether oxygens (including phenoxy) is 2. The molecule has 0 spiro atoms. The van der Waals surface area contributed by atoms with Gasteiger partial charge in [-0.15, -0.1) is 24.0 Å². The Balaban J connectivity index is 0.00000364. The molecule has 0 amide bonds. The molecule has 0 aliphatic heterocycles. The number of hydrogen-bond donors (Lipinski definition) is 2. The summed E-state index contributed by atoms with van der Waals surface area (Å²) in [7, 11) is 1.76. The summed E-state index contributed by atoms with van der Waals surface area (Å²) in [4.78, 5) is 8.59. The van der Waals surface area contributed by atoms with Crippen LogP contribution < -0.4 is 15.4 Å². The molecule has 1 heterocycles. The smallest absolute Gasteiger partial charge is 0.218 e. The van der Waals surface area contributed by atoms with Crippen molar-refractivity contribution in [2.75, 3.05) is 26.8 Å². The molecule has 1 aromatic heterocycles. The zero-order valence-electron chi connectivity index (χ0n) is 16.0. The van der Waals surface area contributed by atoms with Gasteiger partial charge in [0.25, 0.3) is 0 Å². The van der Waals surface area contributed by atoms with Crippen LogP contribution in [-0.2, 0) is 17.9 Å². The summed E-state index contributed by atoms with van der Waals surface area (Å²) in [5.41, 5.74) is 2.10. The van der Waals surface area contributed by atoms with E-state index in [9.17, 15) is 0 Å². The molecule has 0 radical (unpaired) electrons. The van der Waals surface area contributed by atoms with E-state index in [-0.39, 0.29) is 24.0 Å². The minimum absolute atomic E-state index is 0. The second-order valence-corrected chi connectivity index (χ2v) is 5.64. The summed E-state index contributed by atoms with van der Waals surface area (Å²) < 4.78 is 11.2. The van der Waals surface area contributed by atoms with Gasteiger partial charge in [0.1, 0.15) is 6.61 Å². The number of nitrogens with zero attached hydrogens (tertiary/aromatic N) is 2. The zero-order chi connectivity index (χ0) is 18.5. The largest absolute Gasteiger partial charge is 0.473 e. The van der Waals surface area contributed by atoms with Crippen molar-refractivity contribution in [2.24, 2.45) is 4.99 Å². The Labute approximate surface area is 178 Å². The first kappa shape index (κ1) is 23.2. The normalized spacial score (nSPS) is 10.8. The van der Waals surface area contributed by atoms with Crippen molar-refractivity contribution in [3.05, 3.63) is 59.8 Å². The molecule has 2 aromatic rings. The maximum Gasteiger partial charge on any atom is 0.218 e. The van der Waals surface area contributed by atoms with Gasteiger partial charge in [-0.3, -0.25) is 4.99 Å². The molecule has 27 heavy (non-hydrogen) atoms. The van der Waals surface area contributed by atoms with Crippen LogP contribution in [0.15, 0.2) is 53.7 Å². The molecule has 0 aliphatic carbocycles. The molecule has 1 aromatic carbocycles. The topological polar surface area (TPSA) is 67.8 Å². The Bertz CT molecular complexity index is 668. The number of benzene rings is 1. The lowest BCUT2D eigenvalue weighted by atomic mass is 10.2. The van der Waals surface area contributed by atoms with Gasteiger partial charge in [0, 0.05) is 45.1 Å². The number of hydrogen-bond acceptors (Lipinski definition) is 4. The monoisotopic (exact) mass is 484 g/mol. The summed E-state index contributed by atoms with van der Waals surface area (Å²) in [6, 6.07) is 14.0. The fraction of sp³-hybridized carbons (Fsp3) is 0.400. The van der Waals surface area contributed by atoms with Crippen molar-refractivity contribution in [3.8, 4) is 5.88 Å². The SMILES string of the molecule is CCOCCCNC(=NC)NCc1cccnc1OCc1ccccc1.I. The fourth-order valence-corrected chi connectivity index (χ4v) is 2.34. The lowest BCUT2D eigenvalue weighted by Crippen LogP contribution is -2.37. The zero-order valence-corrected chi connectivity index (χ0v) is 18.3. The molecule has 0 aliphatic rings. The first-order valence-electron chi connectivity index (χ1n) is 8.96. The van der Waals surface area contributed by atoms with E-state index in [0.717, 1.165) is 43.3 Å². The number of aromatic nitrogens is 1. The van der Waals surface area contributed by atoms with Gasteiger partial charge in [-0.05, 0) is 25.0 Å². The first-order valence-corrected chi connectivity index (χ1v) is 8.96. The Morgan fingerprint density at radius 3 is 2.67 bits per heavy atom. The van der Waals surface area contributed by atoms with Crippen LogP contribution in [0.4, 0.5) is 0 Å². The molecule has 0 saturated carbocycles. The highest BCUT2D eigenvalue weighted by molar-refractivity contribution is 14.0. The van der Waals surface area contributed by atoms with E-state index in [0.29, 0.717) is 19.0 Å². The summed E-state index contributed by atoms with van der Waals surface area (Å²) in [5, 5.41) is 6.57. The molecule has 0 saturated heterocycles. The minimum atomic E-state index is 0. The quantitative estimate of drug-likeness (QED) is 0.234. The van der Waals surface area contributed by atoms with E-state index in [1.165, 1.54) is 0 Å². The number of nitrogens with one attached hydrogen (secondary N) is 2. The Hall–Kier alpha value is -1.87. The molecule has 0 bridgehead atoms. The van der Waals surface area contributed by atoms with Gasteiger partial charge in [-0.25, -0.2) is 4.98 Å². The molecule has 0 unspecified atom stereocenters. The molecule has 7 heteroatoms. The average Bonchev–Trinajstić information content (AvgIpc) is 2.70. The van der Waals surface area contributed by atoms with Gasteiger partial charge in [-0.2, -0.15) is 0 Å². The third kappa shape index (κ3) is 9.05. The van der Waals surface area contributed by atoms with Crippen LogP contribution in [0.3, 0.4) is 0 Å². The van der Waals surface area contributed by atoms with Crippen LogP contribution in [0.1, 0.15) is 24.5 Å². The Morgan fingerprint density at radius 1 is 1.11 bits per heavy atom. The third-order valence-corrected chi connectivity index (χ3v) is 3.70. The van der Waals surface area contributed by atoms with Crippen LogP contribution in [0.2, 0.25) is 0 Å². The third-order valence-electron chi connectivity index (χ3n) is 3.70. The molecule has 0 atom stereocenters. The van der Waals surface area contributed by atoms with Crippen molar-refractivity contribution in [1.82, 2.24) is 15.6 Å². The number of aliphatic imine (C=N–C) groups is 1. The van der Waals surface area contributed by atoms with E-state index in [4.69, 9.17) is 9.47 Å². The van der Waals surface area contributed by atoms with E-state index in [2.05, 4.69) is 20.6 Å². The summed E-state index contributed by atoms with van der Waals surface area (Å²) in [5.74, 6) is 1.38. The molecule has 0 fully saturated rings. The van der Waals surface area contributed by atoms with E-state index >= 15 is 0 Å². The standard InChI is InChI=1S/C20H28N4O2.HI/c1-3-25-14-8-13-23-20(21-2)24-15-18-11-7-12-22-19(18)26-16-17-9-5-4-6-10-17;/h4-7,9-12H,3,8,13-16H2,1-2H3,(H2,21,23,24);1H.